The van der Waals surface area contributed by atoms with Gasteiger partial charge in [0.1, 0.15) is 5.76 Å². The fourth-order valence-corrected chi connectivity index (χ4v) is 3.48. The average molecular weight is 328 g/mol. The number of hydrogen-bond donors (Lipinski definition) is 1. The van der Waals surface area contributed by atoms with Crippen molar-refractivity contribution in [1.29, 1.82) is 0 Å². The maximum Gasteiger partial charge on any atom is 0.287 e. The van der Waals surface area contributed by atoms with Gasteiger partial charge in [-0.05, 0) is 25.7 Å². The van der Waals surface area contributed by atoms with E-state index in [2.05, 4.69) is 5.32 Å². The van der Waals surface area contributed by atoms with E-state index >= 15 is 0 Å². The van der Waals surface area contributed by atoms with E-state index in [1.54, 1.807) is 6.92 Å². The molecule has 0 saturated carbocycles. The molecule has 1 aromatic heterocycles. The third-order valence-electron chi connectivity index (χ3n) is 3.62. The number of carbonyl (C=O) groups is 1. The van der Waals surface area contributed by atoms with E-state index in [1.807, 2.05) is 0 Å². The molecular weight excluding hydrogens is 308 g/mol. The van der Waals surface area contributed by atoms with Crippen LogP contribution < -0.4 is 10.7 Å². The summed E-state index contributed by atoms with van der Waals surface area (Å²) in [7, 11) is -3.20. The lowest BCUT2D eigenvalue weighted by atomic mass is 10.00. The van der Waals surface area contributed by atoms with Crippen LogP contribution in [0.25, 0.3) is 0 Å². The van der Waals surface area contributed by atoms with Crippen molar-refractivity contribution in [3.05, 3.63) is 33.9 Å². The molecule has 1 aliphatic rings. The Morgan fingerprint density at radius 1 is 1.45 bits per heavy atom. The predicted molar refractivity (Wildman–Crippen MR) is 81.2 cm³/mol. The molecule has 122 valence electrons. The maximum atomic E-state index is 12.0. The van der Waals surface area contributed by atoms with E-state index in [1.165, 1.54) is 16.6 Å². The van der Waals surface area contributed by atoms with Crippen LogP contribution in [0.15, 0.2) is 21.3 Å². The Bertz CT molecular complexity index is 710. The van der Waals surface area contributed by atoms with Crippen molar-refractivity contribution in [1.82, 2.24) is 9.62 Å². The first-order chi connectivity index (χ1) is 10.3. The Balaban J connectivity index is 1.95. The highest BCUT2D eigenvalue weighted by Gasteiger charge is 2.26. The first-order valence-electron chi connectivity index (χ1n) is 7.11. The van der Waals surface area contributed by atoms with Crippen molar-refractivity contribution < 1.29 is 17.6 Å². The van der Waals surface area contributed by atoms with Gasteiger partial charge in [-0.3, -0.25) is 9.59 Å². The molecule has 1 fully saturated rings. The van der Waals surface area contributed by atoms with Gasteiger partial charge in [0.05, 0.1) is 6.26 Å². The van der Waals surface area contributed by atoms with Gasteiger partial charge in [0.15, 0.2) is 11.2 Å². The molecule has 2 rings (SSSR count). The van der Waals surface area contributed by atoms with E-state index in [9.17, 15) is 18.0 Å². The smallest absolute Gasteiger partial charge is 0.287 e. The molecule has 1 amide bonds. The number of sulfonamides is 1. The van der Waals surface area contributed by atoms with Gasteiger partial charge in [-0.15, -0.1) is 0 Å². The Morgan fingerprint density at radius 3 is 2.82 bits per heavy atom. The van der Waals surface area contributed by atoms with Crippen LogP contribution in [0.1, 0.15) is 29.2 Å². The summed E-state index contributed by atoms with van der Waals surface area (Å²) >= 11 is 0. The van der Waals surface area contributed by atoms with Crippen LogP contribution in [0.2, 0.25) is 0 Å². The van der Waals surface area contributed by atoms with Crippen LogP contribution in [0, 0.1) is 12.8 Å². The van der Waals surface area contributed by atoms with E-state index < -0.39 is 15.9 Å². The zero-order chi connectivity index (χ0) is 16.3. The molecule has 7 nitrogen and oxygen atoms in total. The summed E-state index contributed by atoms with van der Waals surface area (Å²) in [6.07, 6.45) is 2.81. The monoisotopic (exact) mass is 328 g/mol. The number of rotatable bonds is 4. The van der Waals surface area contributed by atoms with Crippen LogP contribution in [0.4, 0.5) is 0 Å². The number of amides is 1. The summed E-state index contributed by atoms with van der Waals surface area (Å²) in [6, 6.07) is 2.45. The Kier molecular flexibility index (Phi) is 5.02. The number of aryl methyl sites for hydroxylation is 1. The summed E-state index contributed by atoms with van der Waals surface area (Å²) in [4.78, 5) is 23.4. The number of nitrogens with one attached hydrogen (secondary N) is 1. The molecule has 0 aliphatic carbocycles. The van der Waals surface area contributed by atoms with Crippen LogP contribution in [0.3, 0.4) is 0 Å². The quantitative estimate of drug-likeness (QED) is 0.860. The highest BCUT2D eigenvalue weighted by Crippen LogP contribution is 2.18. The number of hydrogen-bond acceptors (Lipinski definition) is 5. The average Bonchev–Trinajstić information content (AvgIpc) is 2.43. The van der Waals surface area contributed by atoms with Crippen molar-refractivity contribution in [3.63, 3.8) is 0 Å². The van der Waals surface area contributed by atoms with Gasteiger partial charge >= 0.3 is 0 Å². The Hall–Kier alpha value is -1.67. The van der Waals surface area contributed by atoms with Crippen molar-refractivity contribution in [2.24, 2.45) is 5.92 Å². The second-order valence-electron chi connectivity index (χ2n) is 5.61. The zero-order valence-electron chi connectivity index (χ0n) is 12.7. The standard InChI is InChI=1S/C14H20N2O5S/c1-10-6-12(17)7-13(21-10)14(18)15-8-11-4-3-5-16(9-11)22(2,19)20/h6-7,11H,3-5,8-9H2,1-2H3,(H,15,18)/t11-/m1/s1. The molecule has 0 unspecified atom stereocenters. The predicted octanol–water partition coefficient (Wildman–Crippen LogP) is 0.350. The van der Waals surface area contributed by atoms with E-state index in [0.717, 1.165) is 18.9 Å². The molecule has 22 heavy (non-hydrogen) atoms. The summed E-state index contributed by atoms with van der Waals surface area (Å²) in [6.45, 7) is 2.87. The van der Waals surface area contributed by atoms with E-state index in [0.29, 0.717) is 25.4 Å². The number of carbonyl (C=O) groups excluding carboxylic acids is 1. The van der Waals surface area contributed by atoms with Crippen molar-refractivity contribution in [3.8, 4) is 0 Å². The normalized spacial score (nSPS) is 19.8. The summed E-state index contributed by atoms with van der Waals surface area (Å²) in [5.41, 5.74) is -0.283. The van der Waals surface area contributed by atoms with E-state index in [4.69, 9.17) is 4.42 Å². The number of piperidine rings is 1. The van der Waals surface area contributed by atoms with Crippen molar-refractivity contribution in [2.75, 3.05) is 25.9 Å². The molecule has 1 aromatic rings. The first kappa shape index (κ1) is 16.7. The van der Waals surface area contributed by atoms with Crippen LogP contribution in [0.5, 0.6) is 0 Å². The molecule has 1 atom stereocenters. The molecule has 1 N–H and O–H groups in total. The summed E-state index contributed by atoms with van der Waals surface area (Å²) in [5.74, 6) is -0.0550. The Morgan fingerprint density at radius 2 is 2.18 bits per heavy atom. The minimum atomic E-state index is -3.20. The largest absolute Gasteiger partial charge is 0.456 e. The van der Waals surface area contributed by atoms with Crippen LogP contribution in [-0.4, -0.2) is 44.5 Å². The van der Waals surface area contributed by atoms with Gasteiger partial charge in [0.25, 0.3) is 5.91 Å². The highest BCUT2D eigenvalue weighted by atomic mass is 32.2. The summed E-state index contributed by atoms with van der Waals surface area (Å²) in [5, 5.41) is 2.70. The van der Waals surface area contributed by atoms with Crippen molar-refractivity contribution >= 4 is 15.9 Å². The molecular formula is C14H20N2O5S. The molecule has 2 heterocycles. The molecule has 0 spiro atoms. The zero-order valence-corrected chi connectivity index (χ0v) is 13.5. The Labute approximate surface area is 129 Å². The minimum Gasteiger partial charge on any atom is -0.456 e. The fraction of sp³-hybridized carbons (Fsp3) is 0.571. The summed E-state index contributed by atoms with van der Waals surface area (Å²) < 4.78 is 29.8. The topological polar surface area (TPSA) is 96.7 Å². The van der Waals surface area contributed by atoms with Gasteiger partial charge in [-0.2, -0.15) is 0 Å². The van der Waals surface area contributed by atoms with Crippen LogP contribution in [-0.2, 0) is 10.0 Å². The SMILES string of the molecule is Cc1cc(=O)cc(C(=O)NC[C@H]2CCCN(S(C)(=O)=O)C2)o1. The minimum absolute atomic E-state index is 0.0271. The number of nitrogens with zero attached hydrogens (tertiary/aromatic N) is 1. The molecule has 1 aliphatic heterocycles. The third-order valence-corrected chi connectivity index (χ3v) is 4.89. The second-order valence-corrected chi connectivity index (χ2v) is 7.59. The first-order valence-corrected chi connectivity index (χ1v) is 8.95. The lowest BCUT2D eigenvalue weighted by Gasteiger charge is -2.30. The highest BCUT2D eigenvalue weighted by molar-refractivity contribution is 7.88. The van der Waals surface area contributed by atoms with E-state index in [-0.39, 0.29) is 17.1 Å². The van der Waals surface area contributed by atoms with Gasteiger partial charge < -0.3 is 9.73 Å². The lowest BCUT2D eigenvalue weighted by Crippen LogP contribution is -2.43. The fourth-order valence-electron chi connectivity index (χ4n) is 2.53. The molecule has 0 bridgehead atoms. The van der Waals surface area contributed by atoms with Gasteiger partial charge in [-0.25, -0.2) is 12.7 Å². The molecule has 0 aromatic carbocycles. The van der Waals surface area contributed by atoms with Gasteiger partial charge in [-0.1, -0.05) is 0 Å². The molecule has 8 heteroatoms. The third kappa shape index (κ3) is 4.41. The second kappa shape index (κ2) is 6.62. The van der Waals surface area contributed by atoms with Gasteiger partial charge in [0, 0.05) is 31.8 Å². The maximum absolute atomic E-state index is 12.0. The van der Waals surface area contributed by atoms with Gasteiger partial charge in [0.2, 0.25) is 10.0 Å². The van der Waals surface area contributed by atoms with Crippen LogP contribution >= 0.6 is 0 Å². The molecule has 0 radical (unpaired) electrons. The van der Waals surface area contributed by atoms with Crippen molar-refractivity contribution in [2.45, 2.75) is 19.8 Å². The lowest BCUT2D eigenvalue weighted by molar-refractivity contribution is 0.0909. The molecule has 1 saturated heterocycles.